The number of hydrogen-bond donors (Lipinski definition) is 1. The zero-order valence-corrected chi connectivity index (χ0v) is 19.9. The highest BCUT2D eigenvalue weighted by molar-refractivity contribution is 7.89. The Bertz CT molecular complexity index is 1230. The van der Waals surface area contributed by atoms with E-state index in [1.807, 2.05) is 52.1 Å². The smallest absolute Gasteiger partial charge is 0.284 e. The second-order valence-corrected chi connectivity index (χ2v) is 10.2. The largest absolute Gasteiger partial charge is 0.494 e. The summed E-state index contributed by atoms with van der Waals surface area (Å²) in [5.74, 6) is 0.0621. The van der Waals surface area contributed by atoms with Crippen LogP contribution in [0, 0.1) is 18.3 Å². The number of rotatable bonds is 10. The van der Waals surface area contributed by atoms with Gasteiger partial charge in [-0.2, -0.15) is 5.26 Å². The van der Waals surface area contributed by atoms with Crippen molar-refractivity contribution in [1.29, 1.82) is 5.26 Å². The molecule has 0 saturated carbocycles. The zero-order valence-electron chi connectivity index (χ0n) is 18.3. The third kappa shape index (κ3) is 7.03. The van der Waals surface area contributed by atoms with Crippen molar-refractivity contribution >= 4 is 38.1 Å². The van der Waals surface area contributed by atoms with Crippen LogP contribution in [0.3, 0.4) is 0 Å². The summed E-state index contributed by atoms with van der Waals surface area (Å²) >= 11 is 1.31. The van der Waals surface area contributed by atoms with Gasteiger partial charge >= 0.3 is 0 Å². The van der Waals surface area contributed by atoms with Gasteiger partial charge in [-0.05, 0) is 56.2 Å². The Morgan fingerprint density at radius 1 is 1.15 bits per heavy atom. The molecule has 0 radical (unpaired) electrons. The maximum absolute atomic E-state index is 12.4. The lowest BCUT2D eigenvalue weighted by atomic mass is 10.2. The lowest BCUT2D eigenvalue weighted by Crippen LogP contribution is -2.30. The van der Waals surface area contributed by atoms with Crippen molar-refractivity contribution < 1.29 is 17.9 Å². The van der Waals surface area contributed by atoms with E-state index in [0.717, 1.165) is 30.5 Å². The average molecular weight is 485 g/mol. The van der Waals surface area contributed by atoms with Gasteiger partial charge < -0.3 is 9.64 Å². The van der Waals surface area contributed by atoms with Crippen LogP contribution in [0.5, 0.6) is 5.75 Å². The molecule has 10 heteroatoms. The van der Waals surface area contributed by atoms with Crippen LogP contribution in [0.2, 0.25) is 0 Å². The topological polar surface area (TPSA) is 112 Å². The Labute approximate surface area is 197 Å². The first-order chi connectivity index (χ1) is 15.8. The van der Waals surface area contributed by atoms with E-state index in [2.05, 4.69) is 11.1 Å². The average Bonchev–Trinajstić information content (AvgIpc) is 3.17. The first-order valence-corrected chi connectivity index (χ1v) is 12.9. The quantitative estimate of drug-likeness (QED) is 0.433. The summed E-state index contributed by atoms with van der Waals surface area (Å²) in [5, 5.41) is 9.66. The molecule has 0 spiro atoms. The number of hydrogen-bond acceptors (Lipinski definition) is 8. The van der Waals surface area contributed by atoms with E-state index >= 15 is 0 Å². The lowest BCUT2D eigenvalue weighted by Gasteiger charge is -2.22. The molecule has 172 valence electrons. The SMILES string of the molecule is Cc1sc(N(CCCCOc2ccccc2)c2ccc(C#N)cc2)nc1C(=O)NS(C)(=O)=O. The highest BCUT2D eigenvalue weighted by atomic mass is 32.2. The molecular formula is C23H24N4O4S2. The van der Waals surface area contributed by atoms with Crippen LogP contribution in [0.25, 0.3) is 0 Å². The van der Waals surface area contributed by atoms with Gasteiger partial charge in [-0.25, -0.2) is 18.1 Å². The van der Waals surface area contributed by atoms with Gasteiger partial charge in [-0.3, -0.25) is 4.79 Å². The minimum Gasteiger partial charge on any atom is -0.494 e. The van der Waals surface area contributed by atoms with Crippen LogP contribution in [-0.4, -0.2) is 38.7 Å². The van der Waals surface area contributed by atoms with E-state index in [1.165, 1.54) is 11.3 Å². The number of carbonyl (C=O) groups is 1. The summed E-state index contributed by atoms with van der Waals surface area (Å²) in [7, 11) is -3.70. The number of aryl methyl sites for hydroxylation is 1. The van der Waals surface area contributed by atoms with E-state index in [-0.39, 0.29) is 5.69 Å². The summed E-state index contributed by atoms with van der Waals surface area (Å²) in [4.78, 5) is 19.4. The molecule has 33 heavy (non-hydrogen) atoms. The second-order valence-electron chi connectivity index (χ2n) is 7.28. The fourth-order valence-electron chi connectivity index (χ4n) is 3.06. The molecule has 0 fully saturated rings. The molecule has 0 aliphatic heterocycles. The molecule has 0 unspecified atom stereocenters. The molecule has 8 nitrogen and oxygen atoms in total. The van der Waals surface area contributed by atoms with Gasteiger partial charge in [0, 0.05) is 17.1 Å². The van der Waals surface area contributed by atoms with Crippen molar-refractivity contribution in [3.8, 4) is 11.8 Å². The molecule has 3 aromatic rings. The third-order valence-electron chi connectivity index (χ3n) is 4.61. The van der Waals surface area contributed by atoms with Crippen molar-refractivity contribution in [3.05, 3.63) is 70.7 Å². The van der Waals surface area contributed by atoms with Crippen LogP contribution in [0.1, 0.15) is 33.8 Å². The number of nitrogens with one attached hydrogen (secondary N) is 1. The Hall–Kier alpha value is -3.42. The van der Waals surface area contributed by atoms with E-state index < -0.39 is 15.9 Å². The number of amides is 1. The Morgan fingerprint density at radius 3 is 2.48 bits per heavy atom. The Morgan fingerprint density at radius 2 is 1.85 bits per heavy atom. The fourth-order valence-corrected chi connectivity index (χ4v) is 4.44. The molecule has 0 bridgehead atoms. The van der Waals surface area contributed by atoms with Crippen molar-refractivity contribution in [2.45, 2.75) is 19.8 Å². The highest BCUT2D eigenvalue weighted by Crippen LogP contribution is 2.32. The van der Waals surface area contributed by atoms with Gasteiger partial charge in [-0.1, -0.05) is 18.2 Å². The molecule has 0 aliphatic carbocycles. The number of aromatic nitrogens is 1. The van der Waals surface area contributed by atoms with Gasteiger partial charge in [0.2, 0.25) is 10.0 Å². The number of benzene rings is 2. The number of sulfonamides is 1. The van der Waals surface area contributed by atoms with Gasteiger partial charge in [0.15, 0.2) is 5.13 Å². The highest BCUT2D eigenvalue weighted by Gasteiger charge is 2.22. The van der Waals surface area contributed by atoms with Crippen molar-refractivity contribution in [3.63, 3.8) is 0 Å². The predicted octanol–water partition coefficient (Wildman–Crippen LogP) is 4.01. The van der Waals surface area contributed by atoms with Gasteiger partial charge in [-0.15, -0.1) is 11.3 Å². The summed E-state index contributed by atoms with van der Waals surface area (Å²) in [5.41, 5.74) is 1.44. The molecule has 1 aromatic heterocycles. The number of anilines is 2. The number of carbonyl (C=O) groups excluding carboxylic acids is 1. The Balaban J connectivity index is 1.75. The van der Waals surface area contributed by atoms with Crippen molar-refractivity contribution in [2.24, 2.45) is 0 Å². The number of thiazole rings is 1. The molecule has 0 atom stereocenters. The maximum Gasteiger partial charge on any atom is 0.284 e. The van der Waals surface area contributed by atoms with Gasteiger partial charge in [0.25, 0.3) is 5.91 Å². The number of unbranched alkanes of at least 4 members (excludes halogenated alkanes) is 1. The molecule has 3 rings (SSSR count). The molecule has 1 heterocycles. The molecule has 2 aromatic carbocycles. The van der Waals surface area contributed by atoms with Crippen molar-refractivity contribution in [1.82, 2.24) is 9.71 Å². The van der Waals surface area contributed by atoms with Crippen LogP contribution in [0.15, 0.2) is 54.6 Å². The van der Waals surface area contributed by atoms with Gasteiger partial charge in [0.05, 0.1) is 24.5 Å². The molecular weight excluding hydrogens is 460 g/mol. The number of ether oxygens (including phenoxy) is 1. The summed E-state index contributed by atoms with van der Waals surface area (Å²) in [6, 6.07) is 18.8. The fraction of sp³-hybridized carbons (Fsp3) is 0.261. The lowest BCUT2D eigenvalue weighted by molar-refractivity contribution is 0.0977. The zero-order chi connectivity index (χ0) is 23.8. The standard InChI is InChI=1S/C23H24N4O4S2/c1-17-21(22(28)26-33(2,29)30)25-23(32-17)27(19-12-10-18(16-24)11-13-19)14-6-7-15-31-20-8-4-3-5-9-20/h3-5,8-13H,6-7,14-15H2,1-2H3,(H,26,28). The van der Waals surface area contributed by atoms with Crippen LogP contribution < -0.4 is 14.4 Å². The van der Waals surface area contributed by atoms with Gasteiger partial charge in [0.1, 0.15) is 11.4 Å². The normalized spacial score (nSPS) is 10.9. The van der Waals surface area contributed by atoms with E-state index in [9.17, 15) is 13.2 Å². The maximum atomic E-state index is 12.4. The monoisotopic (exact) mass is 484 g/mol. The summed E-state index contributed by atoms with van der Waals surface area (Å²) in [6.45, 7) is 2.89. The third-order valence-corrected chi connectivity index (χ3v) is 6.16. The molecule has 1 amide bonds. The minimum absolute atomic E-state index is 0.0754. The van der Waals surface area contributed by atoms with Crippen LogP contribution in [-0.2, 0) is 10.0 Å². The Kier molecular flexibility index (Phi) is 8.03. The van der Waals surface area contributed by atoms with Crippen molar-refractivity contribution in [2.75, 3.05) is 24.3 Å². The number of para-hydroxylation sites is 1. The summed E-state index contributed by atoms with van der Waals surface area (Å²) < 4.78 is 30.6. The van der Waals surface area contributed by atoms with Crippen LogP contribution >= 0.6 is 11.3 Å². The molecule has 1 N–H and O–H groups in total. The van der Waals surface area contributed by atoms with E-state index in [4.69, 9.17) is 10.00 Å². The molecule has 0 aliphatic rings. The second kappa shape index (κ2) is 10.9. The first-order valence-electron chi connectivity index (χ1n) is 10.2. The van der Waals surface area contributed by atoms with Crippen LogP contribution in [0.4, 0.5) is 10.8 Å². The number of nitrogens with zero attached hydrogens (tertiary/aromatic N) is 3. The van der Waals surface area contributed by atoms with E-state index in [1.54, 1.807) is 19.1 Å². The first kappa shape index (κ1) is 24.2. The van der Waals surface area contributed by atoms with E-state index in [0.29, 0.717) is 28.7 Å². The minimum atomic E-state index is -3.70. The summed E-state index contributed by atoms with van der Waals surface area (Å²) in [6.07, 6.45) is 2.51. The predicted molar refractivity (Wildman–Crippen MR) is 128 cm³/mol. The number of nitriles is 1. The molecule has 0 saturated heterocycles.